The highest BCUT2D eigenvalue weighted by atomic mass is 32.2. The van der Waals surface area contributed by atoms with Crippen molar-refractivity contribution < 1.29 is 35.8 Å². The van der Waals surface area contributed by atoms with Crippen molar-refractivity contribution in [2.24, 2.45) is 0 Å². The molecule has 0 aliphatic carbocycles. The lowest BCUT2D eigenvalue weighted by atomic mass is 10.2. The minimum atomic E-state index is -4.24. The Labute approximate surface area is 210 Å². The summed E-state index contributed by atoms with van der Waals surface area (Å²) < 4.78 is 68.8. The molecule has 3 aromatic carbocycles. The van der Waals surface area contributed by atoms with E-state index in [1.54, 1.807) is 12.1 Å². The number of carbonyl (C=O) groups is 1. The van der Waals surface area contributed by atoms with E-state index in [1.807, 2.05) is 6.92 Å². The Kier molecular flexibility index (Phi) is 8.10. The second-order valence-corrected chi connectivity index (χ2v) is 11.5. The number of ether oxygens (including phenoxy) is 3. The van der Waals surface area contributed by atoms with Crippen molar-refractivity contribution in [3.63, 3.8) is 0 Å². The number of nitrogen functional groups attached to an aromatic ring is 1. The highest BCUT2D eigenvalue weighted by Crippen LogP contribution is 2.30. The number of benzene rings is 3. The maximum Gasteiger partial charge on any atom is 0.338 e. The van der Waals surface area contributed by atoms with Crippen LogP contribution in [0.2, 0.25) is 0 Å². The van der Waals surface area contributed by atoms with Gasteiger partial charge in [0.05, 0.1) is 41.8 Å². The highest BCUT2D eigenvalue weighted by Gasteiger charge is 2.24. The largest absolute Gasteiger partial charge is 0.497 e. The minimum absolute atomic E-state index is 0.0203. The molecule has 0 spiro atoms. The lowest BCUT2D eigenvalue weighted by molar-refractivity contribution is 0.0529. The van der Waals surface area contributed by atoms with E-state index < -0.39 is 38.2 Å². The third-order valence-corrected chi connectivity index (χ3v) is 8.24. The second kappa shape index (κ2) is 10.9. The van der Waals surface area contributed by atoms with Gasteiger partial charge in [0.1, 0.15) is 23.0 Å². The van der Waals surface area contributed by atoms with E-state index in [4.69, 9.17) is 19.9 Å². The topological polar surface area (TPSA) is 151 Å². The van der Waals surface area contributed by atoms with Gasteiger partial charge in [-0.1, -0.05) is 17.7 Å². The quantitative estimate of drug-likeness (QED) is 0.295. The number of anilines is 2. The summed E-state index contributed by atoms with van der Waals surface area (Å²) in [4.78, 5) is 12.4. The fraction of sp³-hybridized carbons (Fsp3) is 0.208. The third kappa shape index (κ3) is 6.26. The fourth-order valence-corrected chi connectivity index (χ4v) is 5.54. The van der Waals surface area contributed by atoms with Gasteiger partial charge in [0.25, 0.3) is 10.0 Å². The zero-order valence-electron chi connectivity index (χ0n) is 19.8. The van der Waals surface area contributed by atoms with Crippen molar-refractivity contribution in [3.8, 4) is 11.5 Å². The molecule has 10 nitrogen and oxygen atoms in total. The molecule has 0 aliphatic rings. The van der Waals surface area contributed by atoms with Crippen molar-refractivity contribution in [3.05, 3.63) is 71.8 Å². The van der Waals surface area contributed by atoms with Crippen LogP contribution in [0.1, 0.15) is 15.9 Å². The Hall–Kier alpha value is -3.77. The molecular formula is C24H26N2O8S2. The normalized spacial score (nSPS) is 11.5. The van der Waals surface area contributed by atoms with Crippen LogP contribution in [0, 0.1) is 6.92 Å². The first-order chi connectivity index (χ1) is 17.0. The number of nitrogens with one attached hydrogen (secondary N) is 1. The summed E-state index contributed by atoms with van der Waals surface area (Å²) >= 11 is 0. The average Bonchev–Trinajstić information content (AvgIpc) is 2.84. The van der Waals surface area contributed by atoms with Gasteiger partial charge in [-0.25, -0.2) is 21.6 Å². The Balaban J connectivity index is 1.77. The van der Waals surface area contributed by atoms with Crippen LogP contribution in [0.3, 0.4) is 0 Å². The van der Waals surface area contributed by atoms with Crippen LogP contribution in [0.5, 0.6) is 11.5 Å². The molecule has 0 saturated heterocycles. The lowest BCUT2D eigenvalue weighted by Crippen LogP contribution is -2.18. The van der Waals surface area contributed by atoms with E-state index in [2.05, 4.69) is 4.72 Å². The number of methoxy groups -OCH3 is 2. The van der Waals surface area contributed by atoms with E-state index in [0.717, 1.165) is 11.6 Å². The molecule has 0 unspecified atom stereocenters. The zero-order valence-corrected chi connectivity index (χ0v) is 21.5. The summed E-state index contributed by atoms with van der Waals surface area (Å²) in [7, 11) is -5.17. The van der Waals surface area contributed by atoms with E-state index in [1.165, 1.54) is 56.7 Å². The summed E-state index contributed by atoms with van der Waals surface area (Å²) in [6.07, 6.45) is 0. The average molecular weight is 535 g/mol. The molecule has 3 aromatic rings. The second-order valence-electron chi connectivity index (χ2n) is 7.69. The number of sulfonamides is 1. The predicted octanol–water partition coefficient (Wildman–Crippen LogP) is 3.03. The summed E-state index contributed by atoms with van der Waals surface area (Å²) in [6, 6.07) is 14.4. The molecule has 36 heavy (non-hydrogen) atoms. The molecule has 0 atom stereocenters. The van der Waals surface area contributed by atoms with Gasteiger partial charge < -0.3 is 19.9 Å². The molecule has 0 saturated carbocycles. The smallest absolute Gasteiger partial charge is 0.338 e. The Bertz CT molecular complexity index is 1470. The molecule has 192 valence electrons. The van der Waals surface area contributed by atoms with Crippen molar-refractivity contribution >= 4 is 37.2 Å². The van der Waals surface area contributed by atoms with E-state index in [-0.39, 0.29) is 32.5 Å². The van der Waals surface area contributed by atoms with Crippen molar-refractivity contribution in [2.75, 3.05) is 37.0 Å². The van der Waals surface area contributed by atoms with Gasteiger partial charge in [-0.2, -0.15) is 0 Å². The lowest BCUT2D eigenvalue weighted by Gasteiger charge is -2.14. The van der Waals surface area contributed by atoms with Gasteiger partial charge in [0.2, 0.25) is 0 Å². The number of sulfone groups is 1. The summed E-state index contributed by atoms with van der Waals surface area (Å²) in [5.41, 5.74) is 6.95. The van der Waals surface area contributed by atoms with Gasteiger partial charge in [0, 0.05) is 6.07 Å². The first-order valence-corrected chi connectivity index (χ1v) is 13.7. The van der Waals surface area contributed by atoms with Crippen LogP contribution in [0.25, 0.3) is 0 Å². The van der Waals surface area contributed by atoms with Gasteiger partial charge in [0.15, 0.2) is 9.84 Å². The molecule has 12 heteroatoms. The summed E-state index contributed by atoms with van der Waals surface area (Å²) in [5, 5.41) is 0. The number of esters is 1. The SMILES string of the molecule is COc1ccc(NS(=O)(=O)c2cc(C(=O)OCCS(=O)(=O)c3ccc(C)cc3)ccc2OC)c(N)c1. The molecule has 0 aliphatic heterocycles. The number of nitrogens with two attached hydrogens (primary N) is 1. The summed E-state index contributed by atoms with van der Waals surface area (Å²) in [6.45, 7) is 1.42. The van der Waals surface area contributed by atoms with Crippen LogP contribution in [-0.2, 0) is 24.6 Å². The van der Waals surface area contributed by atoms with E-state index >= 15 is 0 Å². The Morgan fingerprint density at radius 1 is 0.917 bits per heavy atom. The first kappa shape index (κ1) is 26.8. The number of rotatable bonds is 10. The number of aryl methyl sites for hydroxylation is 1. The highest BCUT2D eigenvalue weighted by molar-refractivity contribution is 7.93. The molecule has 0 heterocycles. The minimum Gasteiger partial charge on any atom is -0.497 e. The Morgan fingerprint density at radius 2 is 1.61 bits per heavy atom. The van der Waals surface area contributed by atoms with Crippen molar-refractivity contribution in [2.45, 2.75) is 16.7 Å². The molecule has 0 radical (unpaired) electrons. The molecule has 0 fully saturated rings. The maximum atomic E-state index is 13.1. The molecule has 3 rings (SSSR count). The van der Waals surface area contributed by atoms with Crippen LogP contribution in [0.4, 0.5) is 11.4 Å². The van der Waals surface area contributed by atoms with Crippen LogP contribution in [-0.4, -0.2) is 49.4 Å². The molecule has 0 aromatic heterocycles. The van der Waals surface area contributed by atoms with Crippen molar-refractivity contribution in [1.29, 1.82) is 0 Å². The van der Waals surface area contributed by atoms with Crippen LogP contribution < -0.4 is 19.9 Å². The molecule has 3 N–H and O–H groups in total. The third-order valence-electron chi connectivity index (χ3n) is 5.16. The van der Waals surface area contributed by atoms with Gasteiger partial charge in [-0.3, -0.25) is 4.72 Å². The van der Waals surface area contributed by atoms with Crippen LogP contribution >= 0.6 is 0 Å². The molecule has 0 bridgehead atoms. The van der Waals surface area contributed by atoms with Gasteiger partial charge in [-0.15, -0.1) is 0 Å². The monoisotopic (exact) mass is 534 g/mol. The maximum absolute atomic E-state index is 13.1. The predicted molar refractivity (Wildman–Crippen MR) is 135 cm³/mol. The Morgan fingerprint density at radius 3 is 2.22 bits per heavy atom. The fourth-order valence-electron chi connectivity index (χ4n) is 3.17. The van der Waals surface area contributed by atoms with Gasteiger partial charge >= 0.3 is 5.97 Å². The standard InChI is InChI=1S/C24H26N2O8S2/c1-16-4-8-19(9-5-16)35(28,29)13-12-34-24(27)17-6-11-22(33-3)23(14-17)36(30,31)26-21-10-7-18(32-2)15-20(21)25/h4-11,14-15,26H,12-13,25H2,1-3H3. The molecular weight excluding hydrogens is 508 g/mol. The van der Waals surface area contributed by atoms with Crippen LogP contribution in [0.15, 0.2) is 70.5 Å². The van der Waals surface area contributed by atoms with Crippen molar-refractivity contribution in [1.82, 2.24) is 0 Å². The summed E-state index contributed by atoms with van der Waals surface area (Å²) in [5.74, 6) is -0.895. The zero-order chi connectivity index (χ0) is 26.5. The van der Waals surface area contributed by atoms with Gasteiger partial charge in [-0.05, 0) is 49.4 Å². The number of hydrogen-bond donors (Lipinski definition) is 2. The first-order valence-electron chi connectivity index (χ1n) is 10.6. The number of carbonyl (C=O) groups excluding carboxylic acids is 1. The number of hydrogen-bond acceptors (Lipinski definition) is 9. The van der Waals surface area contributed by atoms with E-state index in [9.17, 15) is 21.6 Å². The van der Waals surface area contributed by atoms with E-state index in [0.29, 0.717) is 5.75 Å². The molecule has 0 amide bonds.